The standard InChI is InChI=1S/C13H20ClNO2/c1-10(9-16-3)17-13(8-15-2)11-4-6-12(14)7-5-11/h4-7,10,13,15H,8-9H2,1-3H3. The molecule has 4 heteroatoms. The molecular formula is C13H20ClNO2. The molecular weight excluding hydrogens is 238 g/mol. The number of nitrogens with one attached hydrogen (secondary N) is 1. The third kappa shape index (κ3) is 5.04. The van der Waals surface area contributed by atoms with E-state index in [9.17, 15) is 0 Å². The molecule has 0 bridgehead atoms. The first kappa shape index (κ1) is 14.5. The van der Waals surface area contributed by atoms with Gasteiger partial charge in [-0.15, -0.1) is 0 Å². The smallest absolute Gasteiger partial charge is 0.0953 e. The number of methoxy groups -OCH3 is 1. The average molecular weight is 258 g/mol. The molecule has 0 amide bonds. The first-order valence-corrected chi connectivity index (χ1v) is 6.09. The van der Waals surface area contributed by atoms with Gasteiger partial charge in [-0.05, 0) is 31.7 Å². The van der Waals surface area contributed by atoms with Crippen molar-refractivity contribution in [2.24, 2.45) is 0 Å². The van der Waals surface area contributed by atoms with Gasteiger partial charge in [0.1, 0.15) is 0 Å². The van der Waals surface area contributed by atoms with E-state index >= 15 is 0 Å². The van der Waals surface area contributed by atoms with E-state index in [-0.39, 0.29) is 12.2 Å². The average Bonchev–Trinajstić information content (AvgIpc) is 2.30. The lowest BCUT2D eigenvalue weighted by atomic mass is 10.1. The van der Waals surface area contributed by atoms with Gasteiger partial charge in [0.25, 0.3) is 0 Å². The Hall–Kier alpha value is -0.610. The summed E-state index contributed by atoms with van der Waals surface area (Å²) in [5.74, 6) is 0. The molecule has 17 heavy (non-hydrogen) atoms. The van der Waals surface area contributed by atoms with E-state index in [4.69, 9.17) is 21.1 Å². The molecule has 0 heterocycles. The predicted octanol–water partition coefficient (Wildman–Crippen LogP) is 2.65. The van der Waals surface area contributed by atoms with Crippen LogP contribution in [0.15, 0.2) is 24.3 Å². The number of benzene rings is 1. The molecule has 0 spiro atoms. The number of likely N-dealkylation sites (N-methyl/N-ethyl adjacent to an activating group) is 1. The fourth-order valence-corrected chi connectivity index (χ4v) is 1.79. The van der Waals surface area contributed by atoms with Crippen LogP contribution in [0.2, 0.25) is 5.02 Å². The molecule has 2 unspecified atom stereocenters. The van der Waals surface area contributed by atoms with Gasteiger partial charge in [-0.3, -0.25) is 0 Å². The maximum absolute atomic E-state index is 5.93. The summed E-state index contributed by atoms with van der Waals surface area (Å²) in [6.45, 7) is 3.35. The molecule has 2 atom stereocenters. The fraction of sp³-hybridized carbons (Fsp3) is 0.538. The molecule has 96 valence electrons. The van der Waals surface area contributed by atoms with Crippen LogP contribution in [0, 0.1) is 0 Å². The summed E-state index contributed by atoms with van der Waals surface area (Å²) in [4.78, 5) is 0. The van der Waals surface area contributed by atoms with Gasteiger partial charge in [-0.1, -0.05) is 23.7 Å². The summed E-state index contributed by atoms with van der Waals surface area (Å²) in [7, 11) is 3.59. The summed E-state index contributed by atoms with van der Waals surface area (Å²) < 4.78 is 11.0. The monoisotopic (exact) mass is 257 g/mol. The highest BCUT2D eigenvalue weighted by Gasteiger charge is 2.14. The molecule has 1 rings (SSSR count). The molecule has 0 aromatic heterocycles. The lowest BCUT2D eigenvalue weighted by Gasteiger charge is -2.22. The lowest BCUT2D eigenvalue weighted by Crippen LogP contribution is -2.25. The highest BCUT2D eigenvalue weighted by molar-refractivity contribution is 6.30. The van der Waals surface area contributed by atoms with Crippen LogP contribution < -0.4 is 5.32 Å². The summed E-state index contributed by atoms with van der Waals surface area (Å²) in [5, 5.41) is 3.87. The van der Waals surface area contributed by atoms with Crippen molar-refractivity contribution in [2.45, 2.75) is 19.1 Å². The zero-order chi connectivity index (χ0) is 12.7. The van der Waals surface area contributed by atoms with Crippen LogP contribution in [0.25, 0.3) is 0 Å². The quantitative estimate of drug-likeness (QED) is 0.815. The Labute approximate surface area is 108 Å². The van der Waals surface area contributed by atoms with E-state index in [1.54, 1.807) is 7.11 Å². The summed E-state index contributed by atoms with van der Waals surface area (Å²) in [5.41, 5.74) is 1.12. The molecule has 0 aliphatic rings. The van der Waals surface area contributed by atoms with Crippen LogP contribution in [0.5, 0.6) is 0 Å². The first-order chi connectivity index (χ1) is 8.17. The van der Waals surface area contributed by atoms with Gasteiger partial charge in [0, 0.05) is 18.7 Å². The molecule has 1 aromatic carbocycles. The van der Waals surface area contributed by atoms with Gasteiger partial charge >= 0.3 is 0 Å². The number of ether oxygens (including phenoxy) is 2. The van der Waals surface area contributed by atoms with E-state index in [2.05, 4.69) is 5.32 Å². The Kier molecular flexibility index (Phi) is 6.52. The second kappa shape index (κ2) is 7.67. The van der Waals surface area contributed by atoms with Gasteiger partial charge in [0.15, 0.2) is 0 Å². The van der Waals surface area contributed by atoms with Gasteiger partial charge in [-0.2, -0.15) is 0 Å². The van der Waals surface area contributed by atoms with Crippen molar-refractivity contribution in [2.75, 3.05) is 27.3 Å². The largest absolute Gasteiger partial charge is 0.382 e. The normalized spacial score (nSPS) is 14.6. The molecule has 1 N–H and O–H groups in total. The van der Waals surface area contributed by atoms with Crippen LogP contribution >= 0.6 is 11.6 Å². The Balaban J connectivity index is 2.67. The third-order valence-electron chi connectivity index (χ3n) is 2.43. The molecule has 0 aliphatic heterocycles. The second-order valence-corrected chi connectivity index (χ2v) is 4.44. The van der Waals surface area contributed by atoms with Crippen molar-refractivity contribution in [1.82, 2.24) is 5.32 Å². The van der Waals surface area contributed by atoms with Gasteiger partial charge in [0.2, 0.25) is 0 Å². The van der Waals surface area contributed by atoms with Crippen LogP contribution in [-0.2, 0) is 9.47 Å². The Bertz CT molecular complexity index is 316. The molecule has 0 radical (unpaired) electrons. The maximum atomic E-state index is 5.93. The minimum atomic E-state index is 0.0161. The molecule has 0 saturated heterocycles. The fourth-order valence-electron chi connectivity index (χ4n) is 1.66. The van der Waals surface area contributed by atoms with E-state index < -0.39 is 0 Å². The zero-order valence-electron chi connectivity index (χ0n) is 10.6. The molecule has 3 nitrogen and oxygen atoms in total. The molecule has 0 aliphatic carbocycles. The SMILES string of the molecule is CNCC(OC(C)COC)c1ccc(Cl)cc1. The minimum absolute atomic E-state index is 0.0161. The number of hydrogen-bond donors (Lipinski definition) is 1. The zero-order valence-corrected chi connectivity index (χ0v) is 11.3. The topological polar surface area (TPSA) is 30.5 Å². The van der Waals surface area contributed by atoms with Crippen LogP contribution in [0.4, 0.5) is 0 Å². The van der Waals surface area contributed by atoms with Crippen LogP contribution in [-0.4, -0.2) is 33.4 Å². The summed E-state index contributed by atoms with van der Waals surface area (Å²) >= 11 is 5.87. The van der Waals surface area contributed by atoms with Crippen molar-refractivity contribution in [3.8, 4) is 0 Å². The van der Waals surface area contributed by atoms with Gasteiger partial charge in [0.05, 0.1) is 18.8 Å². The van der Waals surface area contributed by atoms with E-state index in [0.717, 1.165) is 17.1 Å². The van der Waals surface area contributed by atoms with Crippen molar-refractivity contribution in [3.05, 3.63) is 34.9 Å². The Morgan fingerprint density at radius 1 is 1.29 bits per heavy atom. The summed E-state index contributed by atoms with van der Waals surface area (Å²) in [6, 6.07) is 7.74. The number of halogens is 1. The van der Waals surface area contributed by atoms with E-state index in [1.165, 1.54) is 0 Å². The van der Waals surface area contributed by atoms with Crippen molar-refractivity contribution >= 4 is 11.6 Å². The van der Waals surface area contributed by atoms with Gasteiger partial charge in [-0.25, -0.2) is 0 Å². The van der Waals surface area contributed by atoms with E-state index in [1.807, 2.05) is 38.2 Å². The minimum Gasteiger partial charge on any atom is -0.382 e. The maximum Gasteiger partial charge on any atom is 0.0953 e. The van der Waals surface area contributed by atoms with Crippen LogP contribution in [0.1, 0.15) is 18.6 Å². The highest BCUT2D eigenvalue weighted by Crippen LogP contribution is 2.20. The first-order valence-electron chi connectivity index (χ1n) is 5.71. The molecule has 0 saturated carbocycles. The number of rotatable bonds is 7. The Morgan fingerprint density at radius 2 is 1.94 bits per heavy atom. The Morgan fingerprint density at radius 3 is 2.47 bits per heavy atom. The predicted molar refractivity (Wildman–Crippen MR) is 70.5 cm³/mol. The molecule has 0 fully saturated rings. The lowest BCUT2D eigenvalue weighted by molar-refractivity contribution is -0.0387. The van der Waals surface area contributed by atoms with Crippen molar-refractivity contribution in [3.63, 3.8) is 0 Å². The van der Waals surface area contributed by atoms with Gasteiger partial charge < -0.3 is 14.8 Å². The van der Waals surface area contributed by atoms with Crippen molar-refractivity contribution in [1.29, 1.82) is 0 Å². The molecule has 1 aromatic rings. The van der Waals surface area contributed by atoms with Crippen molar-refractivity contribution < 1.29 is 9.47 Å². The highest BCUT2D eigenvalue weighted by atomic mass is 35.5. The number of hydrogen-bond acceptors (Lipinski definition) is 3. The van der Waals surface area contributed by atoms with Crippen LogP contribution in [0.3, 0.4) is 0 Å². The summed E-state index contributed by atoms with van der Waals surface area (Å²) in [6.07, 6.45) is 0.0800. The third-order valence-corrected chi connectivity index (χ3v) is 2.68. The van der Waals surface area contributed by atoms with E-state index in [0.29, 0.717) is 6.61 Å². The second-order valence-electron chi connectivity index (χ2n) is 4.00.